The van der Waals surface area contributed by atoms with Crippen LogP contribution < -0.4 is 11.2 Å². The van der Waals surface area contributed by atoms with Crippen LogP contribution in [0.25, 0.3) is 0 Å². The molecule has 0 radical (unpaired) electrons. The highest BCUT2D eigenvalue weighted by Crippen LogP contribution is 2.30. The van der Waals surface area contributed by atoms with Gasteiger partial charge >= 0.3 is 5.69 Å². The van der Waals surface area contributed by atoms with Crippen LogP contribution in [0.3, 0.4) is 0 Å². The summed E-state index contributed by atoms with van der Waals surface area (Å²) in [5, 5.41) is 30.6. The molecule has 0 saturated carbocycles. The zero-order chi connectivity index (χ0) is 30.2. The number of aromatic amines is 1. The van der Waals surface area contributed by atoms with Crippen molar-refractivity contribution in [2.75, 3.05) is 13.4 Å². The molecule has 0 aliphatic carbocycles. The van der Waals surface area contributed by atoms with Crippen LogP contribution in [0.2, 0.25) is 0 Å². The first-order valence-electron chi connectivity index (χ1n) is 14.2. The average Bonchev–Trinajstić information content (AvgIpc) is 3.56. The van der Waals surface area contributed by atoms with E-state index in [-0.39, 0.29) is 25.5 Å². The maximum atomic E-state index is 12.2. The third-order valence-corrected chi connectivity index (χ3v) is 7.29. The third-order valence-electron chi connectivity index (χ3n) is 7.29. The van der Waals surface area contributed by atoms with Crippen molar-refractivity contribution >= 4 is 5.69 Å². The van der Waals surface area contributed by atoms with Gasteiger partial charge in [-0.1, -0.05) is 37.5 Å². The van der Waals surface area contributed by atoms with Crippen LogP contribution >= 0.6 is 0 Å². The Morgan fingerprint density at radius 1 is 1.26 bits per heavy atom. The van der Waals surface area contributed by atoms with Crippen LogP contribution in [0, 0.1) is 17.0 Å². The van der Waals surface area contributed by atoms with Crippen molar-refractivity contribution in [2.45, 2.75) is 90.4 Å². The highest BCUT2D eigenvalue weighted by atomic mass is 16.7. The Labute approximate surface area is 242 Å². The molecule has 3 aromatic rings. The lowest BCUT2D eigenvalue weighted by atomic mass is 10.0. The molecule has 2 N–H and O–H groups in total. The van der Waals surface area contributed by atoms with Crippen molar-refractivity contribution in [3.8, 4) is 0 Å². The van der Waals surface area contributed by atoms with Crippen molar-refractivity contribution in [2.24, 2.45) is 0 Å². The molecule has 0 bridgehead atoms. The Bertz CT molecular complexity index is 1470. The molecule has 1 aliphatic heterocycles. The SMILES string of the molecule is CCCCCCc1cn(Cc2ccc([N+](=O)[O-])c(C(C)OCOC[C@H]3O[C@@H](n4cc(C)c(=O)[nH]c4=O)C[C@@H]3O)c2)nn1. The van der Waals surface area contributed by atoms with Crippen LogP contribution in [0.1, 0.15) is 80.7 Å². The fraction of sp³-hybridized carbons (Fsp3) is 0.571. The quantitative estimate of drug-likeness (QED) is 0.116. The highest BCUT2D eigenvalue weighted by Gasteiger charge is 2.35. The molecule has 1 aliphatic rings. The molecule has 1 fully saturated rings. The van der Waals surface area contributed by atoms with Gasteiger partial charge in [0.15, 0.2) is 0 Å². The lowest BCUT2D eigenvalue weighted by molar-refractivity contribution is -0.386. The van der Waals surface area contributed by atoms with E-state index >= 15 is 0 Å². The number of aryl methyl sites for hydroxylation is 2. The first-order valence-corrected chi connectivity index (χ1v) is 14.2. The van der Waals surface area contributed by atoms with E-state index in [0.29, 0.717) is 17.7 Å². The molecule has 1 unspecified atom stereocenters. The van der Waals surface area contributed by atoms with Crippen molar-refractivity contribution in [1.82, 2.24) is 24.5 Å². The standard InChI is InChI=1S/C28H38N6O8/c1-4-5-6-7-8-21-15-32(31-30-21)14-20-9-10-23(34(38)39)22(11-20)19(3)41-17-40-16-25-24(35)12-26(42-25)33-13-18(2)27(36)29-28(33)37/h9-11,13,15,19,24-26,35H,4-8,12,14,16-17H2,1-3H3,(H,29,36,37)/t19?,24-,25+,26+/m0/s1. The molecule has 0 amide bonds. The zero-order valence-corrected chi connectivity index (χ0v) is 24.1. The van der Waals surface area contributed by atoms with Crippen LogP contribution in [-0.2, 0) is 27.2 Å². The number of nitro groups is 1. The van der Waals surface area contributed by atoms with Crippen molar-refractivity contribution in [3.63, 3.8) is 0 Å². The number of ether oxygens (including phenoxy) is 3. The second-order valence-electron chi connectivity index (χ2n) is 10.6. The van der Waals surface area contributed by atoms with Gasteiger partial charge in [0.1, 0.15) is 19.1 Å². The molecular formula is C28H38N6O8. The van der Waals surface area contributed by atoms with Gasteiger partial charge in [-0.25, -0.2) is 9.48 Å². The van der Waals surface area contributed by atoms with Crippen LogP contribution in [0.5, 0.6) is 0 Å². The first kappa shape index (κ1) is 31.2. The number of hydrogen-bond acceptors (Lipinski definition) is 10. The smallest absolute Gasteiger partial charge is 0.330 e. The number of aromatic nitrogens is 5. The molecule has 42 heavy (non-hydrogen) atoms. The third kappa shape index (κ3) is 7.97. The van der Waals surface area contributed by atoms with E-state index in [2.05, 4.69) is 22.2 Å². The number of nitrogens with one attached hydrogen (secondary N) is 1. The molecule has 4 atom stereocenters. The second-order valence-corrected chi connectivity index (χ2v) is 10.6. The molecule has 1 aromatic carbocycles. The van der Waals surface area contributed by atoms with Gasteiger partial charge in [-0.05, 0) is 38.3 Å². The van der Waals surface area contributed by atoms with E-state index in [1.165, 1.54) is 29.7 Å². The molecule has 0 spiro atoms. The summed E-state index contributed by atoms with van der Waals surface area (Å²) in [6.07, 6.45) is 5.83. The number of nitrogens with zero attached hydrogens (tertiary/aromatic N) is 5. The number of hydrogen-bond donors (Lipinski definition) is 2. The summed E-state index contributed by atoms with van der Waals surface area (Å²) >= 11 is 0. The number of nitro benzene ring substituents is 1. The monoisotopic (exact) mass is 586 g/mol. The van der Waals surface area contributed by atoms with E-state index in [1.807, 2.05) is 6.20 Å². The number of rotatable bonds is 15. The fourth-order valence-corrected chi connectivity index (χ4v) is 4.88. The second kappa shape index (κ2) is 14.4. The summed E-state index contributed by atoms with van der Waals surface area (Å²) < 4.78 is 20.1. The van der Waals surface area contributed by atoms with Gasteiger partial charge in [0.25, 0.3) is 11.2 Å². The lowest BCUT2D eigenvalue weighted by Crippen LogP contribution is -2.33. The van der Waals surface area contributed by atoms with Gasteiger partial charge in [0, 0.05) is 30.4 Å². The van der Waals surface area contributed by atoms with E-state index in [9.17, 15) is 24.8 Å². The Morgan fingerprint density at radius 2 is 2.07 bits per heavy atom. The lowest BCUT2D eigenvalue weighted by Gasteiger charge is -2.18. The van der Waals surface area contributed by atoms with Crippen LogP contribution in [-0.4, -0.2) is 60.2 Å². The maximum Gasteiger partial charge on any atom is 0.330 e. The molecule has 2 aromatic heterocycles. The summed E-state index contributed by atoms with van der Waals surface area (Å²) in [4.78, 5) is 37.3. The minimum Gasteiger partial charge on any atom is -0.390 e. The van der Waals surface area contributed by atoms with Crippen molar-refractivity contribution < 1.29 is 24.2 Å². The summed E-state index contributed by atoms with van der Waals surface area (Å²) in [6, 6.07) is 4.87. The summed E-state index contributed by atoms with van der Waals surface area (Å²) in [6.45, 7) is 5.61. The van der Waals surface area contributed by atoms with E-state index < -0.39 is 40.7 Å². The van der Waals surface area contributed by atoms with Gasteiger partial charge in [-0.15, -0.1) is 5.10 Å². The fourth-order valence-electron chi connectivity index (χ4n) is 4.88. The maximum absolute atomic E-state index is 12.2. The normalized spacial score (nSPS) is 19.3. The Balaban J connectivity index is 1.31. The summed E-state index contributed by atoms with van der Waals surface area (Å²) in [7, 11) is 0. The van der Waals surface area contributed by atoms with Crippen LogP contribution in [0.15, 0.2) is 40.2 Å². The number of benzene rings is 1. The first-order chi connectivity index (χ1) is 20.2. The Morgan fingerprint density at radius 3 is 2.83 bits per heavy atom. The summed E-state index contributed by atoms with van der Waals surface area (Å²) in [5.74, 6) is 0. The van der Waals surface area contributed by atoms with Crippen LogP contribution in [0.4, 0.5) is 5.69 Å². The predicted molar refractivity (Wildman–Crippen MR) is 151 cm³/mol. The minimum atomic E-state index is -0.905. The van der Waals surface area contributed by atoms with Crippen molar-refractivity contribution in [3.05, 3.63) is 83.9 Å². The molecule has 228 valence electrons. The number of H-pyrrole nitrogens is 1. The predicted octanol–water partition coefficient (Wildman–Crippen LogP) is 2.92. The zero-order valence-electron chi connectivity index (χ0n) is 24.1. The molecule has 14 heteroatoms. The van der Waals surface area contributed by atoms with Gasteiger partial charge in [-0.3, -0.25) is 24.5 Å². The van der Waals surface area contributed by atoms with E-state index in [0.717, 1.165) is 30.5 Å². The summed E-state index contributed by atoms with van der Waals surface area (Å²) in [5.41, 5.74) is 1.30. The number of aliphatic hydroxyl groups is 1. The number of aliphatic hydroxyl groups excluding tert-OH is 1. The van der Waals surface area contributed by atoms with Gasteiger partial charge in [-0.2, -0.15) is 0 Å². The largest absolute Gasteiger partial charge is 0.390 e. The van der Waals surface area contributed by atoms with Gasteiger partial charge < -0.3 is 19.3 Å². The molecule has 3 heterocycles. The topological polar surface area (TPSA) is 177 Å². The minimum absolute atomic E-state index is 0.0311. The number of unbranched alkanes of at least 4 members (excludes halogenated alkanes) is 3. The Hall–Kier alpha value is -3.72. The Kier molecular flexibility index (Phi) is 10.7. The van der Waals surface area contributed by atoms with E-state index in [4.69, 9.17) is 14.2 Å². The molecule has 1 saturated heterocycles. The van der Waals surface area contributed by atoms with Gasteiger partial charge in [0.2, 0.25) is 0 Å². The average molecular weight is 587 g/mol. The van der Waals surface area contributed by atoms with E-state index in [1.54, 1.807) is 30.7 Å². The van der Waals surface area contributed by atoms with Crippen molar-refractivity contribution in [1.29, 1.82) is 0 Å². The molecular weight excluding hydrogens is 548 g/mol. The molecule has 14 nitrogen and oxygen atoms in total. The molecule has 4 rings (SSSR count). The van der Waals surface area contributed by atoms with Gasteiger partial charge in [0.05, 0.1) is 41.5 Å². The highest BCUT2D eigenvalue weighted by molar-refractivity contribution is 5.44.